The van der Waals surface area contributed by atoms with Crippen LogP contribution in [-0.4, -0.2) is 36.5 Å². The Morgan fingerprint density at radius 3 is 2.76 bits per heavy atom. The van der Waals surface area contributed by atoms with Gasteiger partial charge in [0.05, 0.1) is 35.8 Å². The maximum atomic E-state index is 10.5. The number of hydrogen-bond acceptors (Lipinski definition) is 5. The number of nitro benzene ring substituents is 1. The van der Waals surface area contributed by atoms with Crippen molar-refractivity contribution < 1.29 is 19.5 Å². The molecule has 0 fully saturated rings. The van der Waals surface area contributed by atoms with Crippen LogP contribution in [0.5, 0.6) is 5.75 Å². The molecule has 0 atom stereocenters. The fourth-order valence-electron chi connectivity index (χ4n) is 1.09. The van der Waals surface area contributed by atoms with Gasteiger partial charge in [0.15, 0.2) is 0 Å². The highest BCUT2D eigenvalue weighted by Gasteiger charge is 2.10. The van der Waals surface area contributed by atoms with Gasteiger partial charge in [0, 0.05) is 6.07 Å². The molecule has 0 aliphatic heterocycles. The molecule has 0 heterocycles. The topological polar surface area (TPSA) is 81.8 Å². The summed E-state index contributed by atoms with van der Waals surface area (Å²) in [6.45, 7) is 0.657. The second-order valence-electron chi connectivity index (χ2n) is 3.06. The first kappa shape index (κ1) is 13.7. The molecule has 0 unspecified atom stereocenters. The molecule has 1 rings (SSSR count). The van der Waals surface area contributed by atoms with E-state index in [1.807, 2.05) is 0 Å². The van der Waals surface area contributed by atoms with Gasteiger partial charge in [-0.25, -0.2) is 0 Å². The van der Waals surface area contributed by atoms with Gasteiger partial charge in [-0.05, 0) is 6.07 Å². The van der Waals surface area contributed by atoms with E-state index in [9.17, 15) is 10.1 Å². The maximum absolute atomic E-state index is 10.5. The van der Waals surface area contributed by atoms with Crippen LogP contribution in [0.25, 0.3) is 0 Å². The van der Waals surface area contributed by atoms with Crippen LogP contribution in [0.3, 0.4) is 0 Å². The van der Waals surface area contributed by atoms with Gasteiger partial charge in [0.25, 0.3) is 5.69 Å². The van der Waals surface area contributed by atoms with E-state index in [0.29, 0.717) is 5.02 Å². The lowest BCUT2D eigenvalue weighted by atomic mass is 10.3. The predicted molar refractivity (Wildman–Crippen MR) is 61.5 cm³/mol. The molecule has 6 nitrogen and oxygen atoms in total. The van der Waals surface area contributed by atoms with Crippen molar-refractivity contribution >= 4 is 17.3 Å². The van der Waals surface area contributed by atoms with Crippen molar-refractivity contribution in [3.63, 3.8) is 0 Å². The highest BCUT2D eigenvalue weighted by molar-refractivity contribution is 6.32. The van der Waals surface area contributed by atoms with Gasteiger partial charge in [-0.3, -0.25) is 10.1 Å². The van der Waals surface area contributed by atoms with Crippen LogP contribution in [0.4, 0.5) is 5.69 Å². The van der Waals surface area contributed by atoms with Crippen LogP contribution < -0.4 is 4.74 Å². The number of nitrogens with zero attached hydrogens (tertiary/aromatic N) is 1. The molecule has 0 aliphatic carbocycles. The molecule has 1 aromatic rings. The van der Waals surface area contributed by atoms with Crippen molar-refractivity contribution in [2.24, 2.45) is 0 Å². The molecule has 1 N–H and O–H groups in total. The summed E-state index contributed by atoms with van der Waals surface area (Å²) < 4.78 is 10.2. The number of halogens is 1. The number of nitro groups is 1. The third kappa shape index (κ3) is 4.56. The third-order valence-corrected chi connectivity index (χ3v) is 2.16. The van der Waals surface area contributed by atoms with Crippen LogP contribution in [-0.2, 0) is 4.74 Å². The molecule has 0 spiro atoms. The molecule has 0 saturated heterocycles. The zero-order chi connectivity index (χ0) is 12.7. The maximum Gasteiger partial charge on any atom is 0.273 e. The van der Waals surface area contributed by atoms with Crippen molar-refractivity contribution in [3.05, 3.63) is 33.3 Å². The first-order chi connectivity index (χ1) is 8.15. The summed E-state index contributed by atoms with van der Waals surface area (Å²) in [6.07, 6.45) is 0. The van der Waals surface area contributed by atoms with Gasteiger partial charge in [0.2, 0.25) is 0 Å². The average molecular weight is 262 g/mol. The number of hydrogen-bond donors (Lipinski definition) is 1. The van der Waals surface area contributed by atoms with E-state index in [-0.39, 0.29) is 37.9 Å². The first-order valence-corrected chi connectivity index (χ1v) is 5.28. The molecule has 1 aromatic carbocycles. The van der Waals surface area contributed by atoms with Crippen molar-refractivity contribution in [2.45, 2.75) is 0 Å². The van der Waals surface area contributed by atoms with Crippen LogP contribution in [0.1, 0.15) is 0 Å². The largest absolute Gasteiger partial charge is 0.489 e. The summed E-state index contributed by atoms with van der Waals surface area (Å²) in [7, 11) is 0. The number of non-ortho nitro benzene ring substituents is 1. The summed E-state index contributed by atoms with van der Waals surface area (Å²) in [6, 6.07) is 3.97. The van der Waals surface area contributed by atoms with Gasteiger partial charge in [-0.2, -0.15) is 0 Å². The molecule has 0 radical (unpaired) electrons. The van der Waals surface area contributed by atoms with Gasteiger partial charge < -0.3 is 14.6 Å². The summed E-state index contributed by atoms with van der Waals surface area (Å²) in [4.78, 5) is 10.0. The zero-order valence-corrected chi connectivity index (χ0v) is 9.72. The third-order valence-electron chi connectivity index (χ3n) is 1.85. The van der Waals surface area contributed by atoms with E-state index < -0.39 is 4.92 Å². The smallest absolute Gasteiger partial charge is 0.273 e. The number of benzene rings is 1. The quantitative estimate of drug-likeness (QED) is 0.458. The van der Waals surface area contributed by atoms with E-state index >= 15 is 0 Å². The normalized spacial score (nSPS) is 10.2. The number of aliphatic hydroxyl groups is 1. The highest BCUT2D eigenvalue weighted by atomic mass is 35.5. The minimum Gasteiger partial charge on any atom is -0.489 e. The minimum atomic E-state index is -0.522. The molecular formula is C10H12ClNO5. The lowest BCUT2D eigenvalue weighted by Gasteiger charge is -2.07. The van der Waals surface area contributed by atoms with E-state index in [0.717, 1.165) is 0 Å². The summed E-state index contributed by atoms with van der Waals surface area (Å²) >= 11 is 5.81. The lowest BCUT2D eigenvalue weighted by molar-refractivity contribution is -0.384. The van der Waals surface area contributed by atoms with Gasteiger partial charge in [0.1, 0.15) is 12.4 Å². The van der Waals surface area contributed by atoms with E-state index in [1.54, 1.807) is 0 Å². The van der Waals surface area contributed by atoms with Gasteiger partial charge >= 0.3 is 0 Å². The Morgan fingerprint density at radius 2 is 2.12 bits per heavy atom. The Bertz CT molecular complexity index is 385. The molecule has 0 saturated carbocycles. The SMILES string of the molecule is O=[N+]([O-])c1ccc(Cl)c(OCCOCCO)c1. The summed E-state index contributed by atoms with van der Waals surface area (Å²) in [5.41, 5.74) is -0.0827. The minimum absolute atomic E-state index is 0.0580. The van der Waals surface area contributed by atoms with Gasteiger partial charge in [-0.15, -0.1) is 0 Å². The zero-order valence-electron chi connectivity index (χ0n) is 8.97. The van der Waals surface area contributed by atoms with Crippen molar-refractivity contribution in [3.8, 4) is 5.75 Å². The lowest BCUT2D eigenvalue weighted by Crippen LogP contribution is -2.09. The standard InChI is InChI=1S/C10H12ClNO5/c11-9-2-1-8(12(14)15)7-10(9)17-6-5-16-4-3-13/h1-2,7,13H,3-6H2. The molecular weight excluding hydrogens is 250 g/mol. The van der Waals surface area contributed by atoms with Crippen LogP contribution in [0.15, 0.2) is 18.2 Å². The van der Waals surface area contributed by atoms with Crippen LogP contribution >= 0.6 is 11.6 Å². The highest BCUT2D eigenvalue weighted by Crippen LogP contribution is 2.28. The van der Waals surface area contributed by atoms with Crippen molar-refractivity contribution in [1.82, 2.24) is 0 Å². The Morgan fingerprint density at radius 1 is 1.35 bits per heavy atom. The second-order valence-corrected chi connectivity index (χ2v) is 3.46. The number of aliphatic hydroxyl groups excluding tert-OH is 1. The molecule has 0 amide bonds. The summed E-state index contributed by atoms with van der Waals surface area (Å²) in [5, 5.41) is 19.3. The molecule has 0 aromatic heterocycles. The van der Waals surface area contributed by atoms with E-state index in [2.05, 4.69) is 0 Å². The number of ether oxygens (including phenoxy) is 2. The molecule has 0 aliphatic rings. The molecule has 94 valence electrons. The second kappa shape index (κ2) is 7.05. The Labute approximate surface area is 103 Å². The number of rotatable bonds is 7. The first-order valence-electron chi connectivity index (χ1n) is 4.90. The van der Waals surface area contributed by atoms with Crippen molar-refractivity contribution in [1.29, 1.82) is 0 Å². The predicted octanol–water partition coefficient (Wildman–Crippen LogP) is 1.64. The Kier molecular flexibility index (Phi) is 5.68. The van der Waals surface area contributed by atoms with Crippen LogP contribution in [0.2, 0.25) is 5.02 Å². The van der Waals surface area contributed by atoms with Crippen molar-refractivity contribution in [2.75, 3.05) is 26.4 Å². The van der Waals surface area contributed by atoms with Gasteiger partial charge in [-0.1, -0.05) is 11.6 Å². The monoisotopic (exact) mass is 261 g/mol. The molecule has 7 heteroatoms. The van der Waals surface area contributed by atoms with E-state index in [4.69, 9.17) is 26.2 Å². The Hall–Kier alpha value is -1.37. The summed E-state index contributed by atoms with van der Waals surface area (Å²) in [5.74, 6) is 0.244. The fraction of sp³-hybridized carbons (Fsp3) is 0.400. The fourth-order valence-corrected chi connectivity index (χ4v) is 1.27. The van der Waals surface area contributed by atoms with E-state index in [1.165, 1.54) is 18.2 Å². The Balaban J connectivity index is 2.51. The molecule has 17 heavy (non-hydrogen) atoms. The molecule has 0 bridgehead atoms. The average Bonchev–Trinajstić information content (AvgIpc) is 2.30. The van der Waals surface area contributed by atoms with Crippen LogP contribution in [0, 0.1) is 10.1 Å².